The van der Waals surface area contributed by atoms with Gasteiger partial charge in [0.2, 0.25) is 5.91 Å². The molecule has 0 aliphatic heterocycles. The first-order valence-corrected chi connectivity index (χ1v) is 6.86. The van der Waals surface area contributed by atoms with Crippen molar-refractivity contribution in [2.45, 2.75) is 32.6 Å². The van der Waals surface area contributed by atoms with Crippen molar-refractivity contribution >= 4 is 28.3 Å². The molecule has 1 saturated carbocycles. The fraction of sp³-hybridized carbons (Fsp3) is 0.583. The second kappa shape index (κ2) is 5.06. The van der Waals surface area contributed by atoms with E-state index in [9.17, 15) is 9.59 Å². The third kappa shape index (κ3) is 2.87. The topological polar surface area (TPSA) is 79.3 Å². The van der Waals surface area contributed by atoms with Crippen LogP contribution in [0.4, 0.5) is 5.13 Å². The van der Waals surface area contributed by atoms with E-state index < -0.39 is 17.8 Å². The normalized spacial score (nSPS) is 18.1. The van der Waals surface area contributed by atoms with Gasteiger partial charge in [-0.15, -0.1) is 11.3 Å². The van der Waals surface area contributed by atoms with E-state index >= 15 is 0 Å². The molecule has 0 radical (unpaired) electrons. The Balaban J connectivity index is 1.95. The summed E-state index contributed by atoms with van der Waals surface area (Å²) in [6, 6.07) is 0. The Hall–Kier alpha value is -1.43. The molecule has 2 N–H and O–H groups in total. The summed E-state index contributed by atoms with van der Waals surface area (Å²) >= 11 is 1.39. The molecule has 0 bridgehead atoms. The number of hydrogen-bond acceptors (Lipinski definition) is 4. The van der Waals surface area contributed by atoms with Crippen LogP contribution in [0.25, 0.3) is 0 Å². The molecule has 0 spiro atoms. The largest absolute Gasteiger partial charge is 0.481 e. The van der Waals surface area contributed by atoms with Gasteiger partial charge >= 0.3 is 5.97 Å². The first-order valence-electron chi connectivity index (χ1n) is 5.98. The highest BCUT2D eigenvalue weighted by Crippen LogP contribution is 2.40. The summed E-state index contributed by atoms with van der Waals surface area (Å²) in [7, 11) is 0. The Morgan fingerprint density at radius 2 is 2.11 bits per heavy atom. The lowest BCUT2D eigenvalue weighted by Crippen LogP contribution is -2.29. The molecule has 1 aliphatic rings. The van der Waals surface area contributed by atoms with Crippen molar-refractivity contribution in [1.29, 1.82) is 0 Å². The summed E-state index contributed by atoms with van der Waals surface area (Å²) < 4.78 is 0. The van der Waals surface area contributed by atoms with Crippen LogP contribution in [0, 0.1) is 11.8 Å². The van der Waals surface area contributed by atoms with Crippen molar-refractivity contribution < 1.29 is 14.7 Å². The lowest BCUT2D eigenvalue weighted by atomic mass is 9.95. The molecule has 2 atom stereocenters. The Morgan fingerprint density at radius 1 is 1.44 bits per heavy atom. The summed E-state index contributed by atoms with van der Waals surface area (Å²) in [5.74, 6) is -1.97. The average molecular weight is 268 g/mol. The maximum atomic E-state index is 11.8. The summed E-state index contributed by atoms with van der Waals surface area (Å²) in [4.78, 5) is 27.0. The molecule has 0 aromatic carbocycles. The van der Waals surface area contributed by atoms with Gasteiger partial charge in [0.05, 0.1) is 11.6 Å². The third-order valence-electron chi connectivity index (χ3n) is 3.30. The Labute approximate surface area is 109 Å². The van der Waals surface area contributed by atoms with Gasteiger partial charge in [-0.2, -0.15) is 0 Å². The monoisotopic (exact) mass is 268 g/mol. The number of carboxylic acids is 1. The van der Waals surface area contributed by atoms with Crippen LogP contribution in [0.15, 0.2) is 5.38 Å². The van der Waals surface area contributed by atoms with Crippen LogP contribution in [-0.2, 0) is 9.59 Å². The van der Waals surface area contributed by atoms with Gasteiger partial charge < -0.3 is 10.4 Å². The van der Waals surface area contributed by atoms with Crippen molar-refractivity contribution in [3.8, 4) is 0 Å². The third-order valence-corrected chi connectivity index (χ3v) is 4.08. The summed E-state index contributed by atoms with van der Waals surface area (Å²) in [6.07, 6.45) is 2.34. The van der Waals surface area contributed by atoms with Crippen molar-refractivity contribution in [3.63, 3.8) is 0 Å². The molecule has 0 saturated heterocycles. The number of rotatable bonds is 5. The number of carboxylic acid groups (broad SMARTS) is 1. The molecule has 1 fully saturated rings. The molecule has 1 aromatic heterocycles. The predicted octanol–water partition coefficient (Wildman–Crippen LogP) is 2.32. The average Bonchev–Trinajstić information content (AvgIpc) is 3.08. The first kappa shape index (κ1) is 13.0. The minimum atomic E-state index is -0.963. The number of carbonyl (C=O) groups excluding carboxylic acids is 1. The number of thiazole rings is 1. The van der Waals surface area contributed by atoms with E-state index in [-0.39, 0.29) is 5.91 Å². The van der Waals surface area contributed by atoms with Crippen molar-refractivity contribution in [2.75, 3.05) is 5.32 Å². The molecule has 98 valence electrons. The summed E-state index contributed by atoms with van der Waals surface area (Å²) in [6.45, 7) is 3.15. The molecule has 1 heterocycles. The lowest BCUT2D eigenvalue weighted by molar-refractivity contribution is -0.145. The second-order valence-corrected chi connectivity index (χ2v) is 5.61. The molecular weight excluding hydrogens is 252 g/mol. The molecule has 2 rings (SSSR count). The van der Waals surface area contributed by atoms with E-state index in [0.29, 0.717) is 11.0 Å². The number of amides is 1. The van der Waals surface area contributed by atoms with Gasteiger partial charge in [0.15, 0.2) is 5.13 Å². The van der Waals surface area contributed by atoms with Crippen LogP contribution in [0.2, 0.25) is 0 Å². The zero-order chi connectivity index (χ0) is 13.3. The summed E-state index contributed by atoms with van der Waals surface area (Å²) in [5, 5.41) is 14.1. The van der Waals surface area contributed by atoms with E-state index in [1.807, 2.05) is 5.38 Å². The predicted molar refractivity (Wildman–Crippen MR) is 68.7 cm³/mol. The number of nitrogens with one attached hydrogen (secondary N) is 1. The van der Waals surface area contributed by atoms with Gasteiger partial charge in [-0.3, -0.25) is 9.59 Å². The van der Waals surface area contributed by atoms with Crippen molar-refractivity contribution in [1.82, 2.24) is 4.98 Å². The second-order valence-electron chi connectivity index (χ2n) is 4.76. The highest BCUT2D eigenvalue weighted by Gasteiger charge is 2.28. The van der Waals surface area contributed by atoms with Crippen LogP contribution in [0.3, 0.4) is 0 Å². The zero-order valence-corrected chi connectivity index (χ0v) is 11.2. The van der Waals surface area contributed by atoms with Crippen LogP contribution < -0.4 is 5.32 Å². The van der Waals surface area contributed by atoms with E-state index in [4.69, 9.17) is 5.11 Å². The number of aromatic nitrogens is 1. The fourth-order valence-electron chi connectivity index (χ4n) is 1.57. The summed E-state index contributed by atoms with van der Waals surface area (Å²) in [5.41, 5.74) is 1.04. The number of aliphatic carboxylic acids is 1. The maximum absolute atomic E-state index is 11.8. The minimum absolute atomic E-state index is 0.290. The fourth-order valence-corrected chi connectivity index (χ4v) is 2.37. The van der Waals surface area contributed by atoms with Crippen molar-refractivity contribution in [2.24, 2.45) is 11.8 Å². The molecular formula is C12H16N2O3S. The molecule has 18 heavy (non-hydrogen) atoms. The standard InChI is InChI=1S/C12H16N2O3S/c1-6(7(2)11(16)17)10(15)14-12-13-9(5-18-12)8-3-4-8/h5-8H,3-4H2,1-2H3,(H,16,17)(H,13,14,15). The zero-order valence-electron chi connectivity index (χ0n) is 10.3. The Bertz CT molecular complexity index is 468. The highest BCUT2D eigenvalue weighted by molar-refractivity contribution is 7.13. The highest BCUT2D eigenvalue weighted by atomic mass is 32.1. The van der Waals surface area contributed by atoms with Gasteiger partial charge in [-0.05, 0) is 12.8 Å². The van der Waals surface area contributed by atoms with Crippen LogP contribution in [-0.4, -0.2) is 22.0 Å². The molecule has 2 unspecified atom stereocenters. The first-order chi connectivity index (χ1) is 8.49. The lowest BCUT2D eigenvalue weighted by Gasteiger charge is -2.14. The van der Waals surface area contributed by atoms with E-state index in [1.54, 1.807) is 6.92 Å². The van der Waals surface area contributed by atoms with E-state index in [2.05, 4.69) is 10.3 Å². The molecule has 6 heteroatoms. The SMILES string of the molecule is CC(C(=O)O)C(C)C(=O)Nc1nc(C2CC2)cs1. The smallest absolute Gasteiger partial charge is 0.307 e. The van der Waals surface area contributed by atoms with Gasteiger partial charge in [-0.25, -0.2) is 4.98 Å². The van der Waals surface area contributed by atoms with Crippen molar-refractivity contribution in [3.05, 3.63) is 11.1 Å². The quantitative estimate of drug-likeness (QED) is 0.859. The Morgan fingerprint density at radius 3 is 2.67 bits per heavy atom. The number of hydrogen-bond donors (Lipinski definition) is 2. The van der Waals surface area contributed by atoms with Crippen LogP contribution in [0.1, 0.15) is 38.3 Å². The Kier molecular flexibility index (Phi) is 3.65. The maximum Gasteiger partial charge on any atom is 0.307 e. The molecule has 5 nitrogen and oxygen atoms in total. The van der Waals surface area contributed by atoms with Gasteiger partial charge in [0, 0.05) is 17.2 Å². The van der Waals surface area contributed by atoms with Crippen LogP contribution >= 0.6 is 11.3 Å². The molecule has 1 amide bonds. The molecule has 1 aromatic rings. The minimum Gasteiger partial charge on any atom is -0.481 e. The number of carbonyl (C=O) groups is 2. The number of anilines is 1. The van der Waals surface area contributed by atoms with Crippen LogP contribution in [0.5, 0.6) is 0 Å². The van der Waals surface area contributed by atoms with Gasteiger partial charge in [-0.1, -0.05) is 13.8 Å². The number of nitrogens with zero attached hydrogens (tertiary/aromatic N) is 1. The van der Waals surface area contributed by atoms with Gasteiger partial charge in [0.25, 0.3) is 0 Å². The van der Waals surface area contributed by atoms with Gasteiger partial charge in [0.1, 0.15) is 0 Å². The molecule has 1 aliphatic carbocycles. The van der Waals surface area contributed by atoms with E-state index in [0.717, 1.165) is 5.69 Å². The van der Waals surface area contributed by atoms with E-state index in [1.165, 1.54) is 31.1 Å².